The number of carboxylic acid groups (broad SMARTS) is 4. The van der Waals surface area contributed by atoms with Gasteiger partial charge in [0.1, 0.15) is 6.10 Å². The first-order chi connectivity index (χ1) is 8.09. The van der Waals surface area contributed by atoms with Crippen LogP contribution in [0.5, 0.6) is 0 Å². The fourth-order valence-electron chi connectivity index (χ4n) is 0.400. The summed E-state index contributed by atoms with van der Waals surface area (Å²) in [6.07, 6.45) is -3.94. The Morgan fingerprint density at radius 2 is 1.15 bits per heavy atom. The van der Waals surface area contributed by atoms with E-state index >= 15 is 0 Å². The normalized spacial score (nSPS) is 11.7. The Morgan fingerprint density at radius 3 is 1.25 bits per heavy atom. The van der Waals surface area contributed by atoms with Gasteiger partial charge in [0.15, 0.2) is 6.10 Å². The Hall–Kier alpha value is -0.200. The molecule has 0 aromatic heterocycles. The molecule has 0 saturated heterocycles. The van der Waals surface area contributed by atoms with E-state index in [-0.39, 0.29) is 67.3 Å². The first-order valence-corrected chi connectivity index (χ1v) is 3.99. The Kier molecular flexibility index (Phi) is 21.3. The Labute approximate surface area is 164 Å². The summed E-state index contributed by atoms with van der Waals surface area (Å²) in [5.74, 6) is -6.92. The second kappa shape index (κ2) is 15.2. The Balaban J connectivity index is -0.000000119. The van der Waals surface area contributed by atoms with E-state index in [0.717, 1.165) is 0 Å². The van der Waals surface area contributed by atoms with Crippen LogP contribution < -0.4 is 44.9 Å². The molecule has 0 rings (SSSR count). The number of rotatable bonds is 5. The van der Waals surface area contributed by atoms with Gasteiger partial charge in [-0.15, -0.1) is 0 Å². The molecule has 0 spiro atoms. The van der Waals surface area contributed by atoms with Crippen molar-refractivity contribution in [1.82, 2.24) is 0 Å². The molecule has 0 aliphatic carbocycles. The van der Waals surface area contributed by atoms with E-state index in [0.29, 0.717) is 12.2 Å². The maximum Gasteiger partial charge on any atom is 2.00 e. The summed E-state index contributed by atoms with van der Waals surface area (Å²) >= 11 is 0. The van der Waals surface area contributed by atoms with E-state index in [1.165, 1.54) is 0 Å². The molecule has 12 heteroatoms. The van der Waals surface area contributed by atoms with Gasteiger partial charge in [-0.25, -0.2) is 4.79 Å². The zero-order valence-electron chi connectivity index (χ0n) is 10.2. The quantitative estimate of drug-likeness (QED) is 0.322. The predicted molar refractivity (Wildman–Crippen MR) is 49.6 cm³/mol. The first-order valence-electron chi connectivity index (χ1n) is 3.99. The maximum atomic E-state index is 9.74. The molecule has 0 aliphatic rings. The third kappa shape index (κ3) is 17.8. The SMILES string of the molecule is O=C([O-])C(O)C(O)C(=O)O.O=C([O-])C=CC(=O)[O-].[Ca+2].[Na+]. The van der Waals surface area contributed by atoms with Gasteiger partial charge in [0.25, 0.3) is 0 Å². The van der Waals surface area contributed by atoms with Crippen LogP contribution in [0.2, 0.25) is 0 Å². The zero-order chi connectivity index (χ0) is 14.9. The molecule has 2 unspecified atom stereocenters. The molecule has 0 saturated carbocycles. The van der Waals surface area contributed by atoms with Crippen molar-refractivity contribution < 1.29 is 79.4 Å². The minimum atomic E-state index is -2.38. The van der Waals surface area contributed by atoms with E-state index in [9.17, 15) is 34.5 Å². The molecule has 0 amide bonds. The van der Waals surface area contributed by atoms with Crippen LogP contribution in [0.3, 0.4) is 0 Å². The number of hydrogen-bond acceptors (Lipinski definition) is 9. The van der Waals surface area contributed by atoms with Crippen LogP contribution in [0.1, 0.15) is 0 Å². The average molecular weight is 326 g/mol. The van der Waals surface area contributed by atoms with Gasteiger partial charge in [-0.1, -0.05) is 0 Å². The summed E-state index contributed by atoms with van der Waals surface area (Å²) in [6.45, 7) is 0. The molecule has 0 aromatic carbocycles. The number of carbonyl (C=O) groups excluding carboxylic acids is 3. The van der Waals surface area contributed by atoms with Crippen molar-refractivity contribution in [3.8, 4) is 0 Å². The number of aliphatic hydroxyl groups excluding tert-OH is 2. The minimum absolute atomic E-state index is 0. The Morgan fingerprint density at radius 1 is 0.850 bits per heavy atom. The van der Waals surface area contributed by atoms with Gasteiger partial charge in [-0.3, -0.25) is 0 Å². The standard InChI is InChI=1S/C4H6O6.C4H4O4.Ca.Na/c5-1(3(7)8)2(6)4(9)10;5-3(6)1-2-4(7)8;;/h1-2,5-6H,(H,7,8)(H,9,10);1-2H,(H,5,6)(H,7,8);;/q;;+2;+1/p-3. The van der Waals surface area contributed by atoms with Crippen molar-refractivity contribution in [2.24, 2.45) is 0 Å². The third-order valence-corrected chi connectivity index (χ3v) is 1.15. The van der Waals surface area contributed by atoms with Gasteiger partial charge in [0.2, 0.25) is 0 Å². The molecule has 0 radical (unpaired) electrons. The van der Waals surface area contributed by atoms with Gasteiger partial charge in [0, 0.05) is 0 Å². The van der Waals surface area contributed by atoms with E-state index in [2.05, 4.69) is 0 Å². The van der Waals surface area contributed by atoms with E-state index < -0.39 is 36.1 Å². The van der Waals surface area contributed by atoms with Crippen molar-refractivity contribution in [1.29, 1.82) is 0 Å². The Bertz CT molecular complexity index is 334. The van der Waals surface area contributed by atoms with Gasteiger partial charge < -0.3 is 45.0 Å². The maximum absolute atomic E-state index is 9.74. The number of hydrogen-bond donors (Lipinski definition) is 3. The zero-order valence-corrected chi connectivity index (χ0v) is 14.4. The van der Waals surface area contributed by atoms with Crippen LogP contribution in [0.25, 0.3) is 0 Å². The second-order valence-corrected chi connectivity index (χ2v) is 2.52. The molecule has 0 aromatic rings. The predicted octanol–water partition coefficient (Wildman–Crippen LogP) is -9.79. The molecule has 102 valence electrons. The molecule has 0 aliphatic heterocycles. The van der Waals surface area contributed by atoms with Gasteiger partial charge in [-0.2, -0.15) is 0 Å². The van der Waals surface area contributed by atoms with Crippen LogP contribution in [0, 0.1) is 0 Å². The fourth-order valence-corrected chi connectivity index (χ4v) is 0.400. The van der Waals surface area contributed by atoms with Crippen LogP contribution in [0.4, 0.5) is 0 Å². The summed E-state index contributed by atoms with van der Waals surface area (Å²) in [5, 5.41) is 53.0. The van der Waals surface area contributed by atoms with E-state index in [1.54, 1.807) is 0 Å². The summed E-state index contributed by atoms with van der Waals surface area (Å²) in [4.78, 5) is 38.2. The molecule has 0 fully saturated rings. The van der Waals surface area contributed by atoms with Crippen LogP contribution in [-0.2, 0) is 19.2 Å². The molecule has 0 bridgehead atoms. The number of aliphatic carboxylic acids is 4. The summed E-state index contributed by atoms with van der Waals surface area (Å²) < 4.78 is 0. The van der Waals surface area contributed by atoms with Crippen molar-refractivity contribution in [3.05, 3.63) is 12.2 Å². The molecule has 2 atom stereocenters. The largest absolute Gasteiger partial charge is 2.00 e. The van der Waals surface area contributed by atoms with Gasteiger partial charge >= 0.3 is 73.3 Å². The van der Waals surface area contributed by atoms with Gasteiger partial charge in [0.05, 0.1) is 17.9 Å². The molecule has 20 heavy (non-hydrogen) atoms. The topological polar surface area (TPSA) is 198 Å². The first kappa shape index (κ1) is 28.0. The fraction of sp³-hybridized carbons (Fsp3) is 0.250. The van der Waals surface area contributed by atoms with E-state index in [4.69, 9.17) is 15.3 Å². The number of carbonyl (C=O) groups is 4. The second-order valence-electron chi connectivity index (χ2n) is 2.52. The number of carboxylic acids is 4. The van der Waals surface area contributed by atoms with Crippen molar-refractivity contribution in [3.63, 3.8) is 0 Å². The minimum Gasteiger partial charge on any atom is -0.547 e. The van der Waals surface area contributed by atoms with Crippen LogP contribution in [0.15, 0.2) is 12.2 Å². The molecule has 3 N–H and O–H groups in total. The molecule has 10 nitrogen and oxygen atoms in total. The van der Waals surface area contributed by atoms with Gasteiger partial charge in [-0.05, 0) is 12.2 Å². The summed E-state index contributed by atoms with van der Waals surface area (Å²) in [6, 6.07) is 0. The number of aliphatic hydroxyl groups is 2. The van der Waals surface area contributed by atoms with E-state index in [1.807, 2.05) is 0 Å². The monoisotopic (exact) mass is 326 g/mol. The van der Waals surface area contributed by atoms with Crippen LogP contribution >= 0.6 is 0 Å². The summed E-state index contributed by atoms with van der Waals surface area (Å²) in [5.41, 5.74) is 0. The van der Waals surface area contributed by atoms with Crippen molar-refractivity contribution >= 4 is 61.6 Å². The summed E-state index contributed by atoms with van der Waals surface area (Å²) in [7, 11) is 0. The average Bonchev–Trinajstić information content (AvgIpc) is 2.24. The van der Waals surface area contributed by atoms with Crippen molar-refractivity contribution in [2.45, 2.75) is 12.2 Å². The third-order valence-electron chi connectivity index (χ3n) is 1.15. The van der Waals surface area contributed by atoms with Crippen molar-refractivity contribution in [2.75, 3.05) is 0 Å². The molecular weight excluding hydrogens is 319 g/mol. The smallest absolute Gasteiger partial charge is 0.547 e. The van der Waals surface area contributed by atoms with Crippen LogP contribution in [-0.4, -0.2) is 89.1 Å². The molecular formula is C8H7CaNaO10. The molecule has 0 heterocycles.